The topological polar surface area (TPSA) is 61.8 Å². The van der Waals surface area contributed by atoms with E-state index in [2.05, 4.69) is 24.0 Å². The minimum atomic E-state index is -0.0550. The maximum absolute atomic E-state index is 9.07. The van der Waals surface area contributed by atoms with Gasteiger partial charge in [-0.2, -0.15) is 0 Å². The van der Waals surface area contributed by atoms with Crippen LogP contribution in [-0.4, -0.2) is 35.6 Å². The fourth-order valence-corrected chi connectivity index (χ4v) is 3.25. The lowest BCUT2D eigenvalue weighted by atomic mass is 9.86. The van der Waals surface area contributed by atoms with E-state index >= 15 is 0 Å². The second kappa shape index (κ2) is 7.46. The zero-order chi connectivity index (χ0) is 15.2. The molecule has 2 rings (SSSR count). The molecule has 116 valence electrons. The van der Waals surface area contributed by atoms with Crippen LogP contribution in [0.1, 0.15) is 44.1 Å². The monoisotopic (exact) mass is 289 g/mol. The van der Waals surface area contributed by atoms with Crippen LogP contribution in [-0.2, 0) is 0 Å². The highest BCUT2D eigenvalue weighted by molar-refractivity contribution is 5.87. The van der Waals surface area contributed by atoms with E-state index in [1.54, 1.807) is 0 Å². The molecule has 0 saturated heterocycles. The van der Waals surface area contributed by atoms with Crippen molar-refractivity contribution in [3.63, 3.8) is 0 Å². The van der Waals surface area contributed by atoms with Crippen molar-refractivity contribution < 1.29 is 5.21 Å². The van der Waals surface area contributed by atoms with Gasteiger partial charge in [0.25, 0.3) is 0 Å². The van der Waals surface area contributed by atoms with Gasteiger partial charge in [-0.05, 0) is 44.2 Å². The summed E-state index contributed by atoms with van der Waals surface area (Å²) in [6.07, 6.45) is 5.09. The Morgan fingerprint density at radius 1 is 1.29 bits per heavy atom. The van der Waals surface area contributed by atoms with Crippen LogP contribution in [0.4, 0.5) is 0 Å². The van der Waals surface area contributed by atoms with Gasteiger partial charge in [0.05, 0.1) is 5.92 Å². The van der Waals surface area contributed by atoms with Crippen molar-refractivity contribution in [2.75, 3.05) is 13.6 Å². The molecule has 0 amide bonds. The van der Waals surface area contributed by atoms with Gasteiger partial charge in [0.2, 0.25) is 0 Å². The summed E-state index contributed by atoms with van der Waals surface area (Å²) >= 11 is 0. The largest absolute Gasteiger partial charge is 0.409 e. The van der Waals surface area contributed by atoms with Gasteiger partial charge in [-0.25, -0.2) is 0 Å². The molecule has 3 N–H and O–H groups in total. The molecule has 4 nitrogen and oxygen atoms in total. The first-order chi connectivity index (χ1) is 10.1. The Morgan fingerprint density at radius 3 is 2.48 bits per heavy atom. The summed E-state index contributed by atoms with van der Waals surface area (Å²) in [7, 11) is 2.15. The number of hydrogen-bond donors (Lipinski definition) is 2. The van der Waals surface area contributed by atoms with E-state index in [4.69, 9.17) is 10.9 Å². The first kappa shape index (κ1) is 15.8. The van der Waals surface area contributed by atoms with Crippen LogP contribution in [0.3, 0.4) is 0 Å². The first-order valence-corrected chi connectivity index (χ1v) is 7.84. The lowest BCUT2D eigenvalue weighted by Crippen LogP contribution is -2.40. The fraction of sp³-hybridized carbons (Fsp3) is 0.588. The zero-order valence-electron chi connectivity index (χ0n) is 13.1. The molecular formula is C17H27N3O. The van der Waals surface area contributed by atoms with Crippen LogP contribution in [0.15, 0.2) is 35.5 Å². The second-order valence-electron chi connectivity index (χ2n) is 6.34. The summed E-state index contributed by atoms with van der Waals surface area (Å²) < 4.78 is 0. The molecule has 0 aromatic heterocycles. The van der Waals surface area contributed by atoms with Gasteiger partial charge in [-0.3, -0.25) is 0 Å². The molecular weight excluding hydrogens is 262 g/mol. The van der Waals surface area contributed by atoms with Gasteiger partial charge in [0.1, 0.15) is 5.84 Å². The van der Waals surface area contributed by atoms with Crippen molar-refractivity contribution >= 4 is 5.84 Å². The van der Waals surface area contributed by atoms with Crippen LogP contribution in [0, 0.1) is 5.92 Å². The van der Waals surface area contributed by atoms with Crippen molar-refractivity contribution in [1.29, 1.82) is 0 Å². The standard InChI is InChI=1S/C17H27N3O/c1-13-8-10-15(11-9-13)20(2)12-16(17(18)19-21)14-6-4-3-5-7-14/h3-7,13,15-16,21H,8-12H2,1-2H3,(H2,18,19). The number of amidine groups is 1. The molecule has 4 heteroatoms. The molecule has 0 spiro atoms. The summed E-state index contributed by atoms with van der Waals surface area (Å²) in [5.74, 6) is 1.08. The van der Waals surface area contributed by atoms with E-state index in [1.165, 1.54) is 25.7 Å². The molecule has 1 aromatic rings. The smallest absolute Gasteiger partial charge is 0.147 e. The van der Waals surface area contributed by atoms with E-state index in [0.717, 1.165) is 18.0 Å². The average Bonchev–Trinajstić information content (AvgIpc) is 2.53. The number of benzene rings is 1. The minimum Gasteiger partial charge on any atom is -0.409 e. The van der Waals surface area contributed by atoms with Gasteiger partial charge in [0.15, 0.2) is 0 Å². The van der Waals surface area contributed by atoms with E-state index in [1.807, 2.05) is 30.3 Å². The summed E-state index contributed by atoms with van der Waals surface area (Å²) in [5.41, 5.74) is 7.02. The normalized spacial score (nSPS) is 25.0. The van der Waals surface area contributed by atoms with E-state index < -0.39 is 0 Å². The molecule has 0 heterocycles. The Morgan fingerprint density at radius 2 is 1.90 bits per heavy atom. The van der Waals surface area contributed by atoms with E-state index in [9.17, 15) is 0 Å². The highest BCUT2D eigenvalue weighted by Gasteiger charge is 2.25. The zero-order valence-corrected chi connectivity index (χ0v) is 13.1. The van der Waals surface area contributed by atoms with Gasteiger partial charge in [0, 0.05) is 12.6 Å². The van der Waals surface area contributed by atoms with Crippen molar-refractivity contribution in [2.45, 2.75) is 44.6 Å². The molecule has 1 fully saturated rings. The van der Waals surface area contributed by atoms with Crippen LogP contribution < -0.4 is 5.73 Å². The molecule has 1 unspecified atom stereocenters. The van der Waals surface area contributed by atoms with Crippen LogP contribution in [0.5, 0.6) is 0 Å². The predicted molar refractivity (Wildman–Crippen MR) is 86.6 cm³/mol. The van der Waals surface area contributed by atoms with Gasteiger partial charge >= 0.3 is 0 Å². The Labute approximate surface area is 127 Å². The number of likely N-dealkylation sites (N-methyl/N-ethyl adjacent to an activating group) is 1. The maximum Gasteiger partial charge on any atom is 0.147 e. The second-order valence-corrected chi connectivity index (χ2v) is 6.34. The number of nitrogens with zero attached hydrogens (tertiary/aromatic N) is 2. The third-order valence-corrected chi connectivity index (χ3v) is 4.75. The molecule has 1 aliphatic rings. The predicted octanol–water partition coefficient (Wildman–Crippen LogP) is 3.03. The van der Waals surface area contributed by atoms with Crippen molar-refractivity contribution in [1.82, 2.24) is 4.90 Å². The lowest BCUT2D eigenvalue weighted by molar-refractivity contribution is 0.168. The highest BCUT2D eigenvalue weighted by atomic mass is 16.4. The molecule has 1 saturated carbocycles. The number of oxime groups is 1. The number of rotatable bonds is 5. The molecule has 1 aromatic carbocycles. The van der Waals surface area contributed by atoms with Crippen molar-refractivity contribution in [3.05, 3.63) is 35.9 Å². The minimum absolute atomic E-state index is 0.0550. The quantitative estimate of drug-likeness (QED) is 0.379. The maximum atomic E-state index is 9.07. The number of hydrogen-bond acceptors (Lipinski definition) is 3. The Kier molecular flexibility index (Phi) is 5.62. The lowest BCUT2D eigenvalue weighted by Gasteiger charge is -2.35. The first-order valence-electron chi connectivity index (χ1n) is 7.84. The summed E-state index contributed by atoms with van der Waals surface area (Å²) in [5, 5.41) is 12.3. The number of nitrogens with two attached hydrogens (primary N) is 1. The van der Waals surface area contributed by atoms with Crippen LogP contribution >= 0.6 is 0 Å². The Balaban J connectivity index is 2.05. The van der Waals surface area contributed by atoms with Gasteiger partial charge in [-0.1, -0.05) is 42.4 Å². The van der Waals surface area contributed by atoms with Crippen LogP contribution in [0.25, 0.3) is 0 Å². The molecule has 21 heavy (non-hydrogen) atoms. The van der Waals surface area contributed by atoms with E-state index in [-0.39, 0.29) is 11.8 Å². The summed E-state index contributed by atoms with van der Waals surface area (Å²) in [6, 6.07) is 10.7. The molecule has 0 bridgehead atoms. The third-order valence-electron chi connectivity index (χ3n) is 4.75. The Bertz CT molecular complexity index is 452. The summed E-state index contributed by atoms with van der Waals surface area (Å²) in [6.45, 7) is 3.12. The van der Waals surface area contributed by atoms with Gasteiger partial charge < -0.3 is 15.8 Å². The van der Waals surface area contributed by atoms with Crippen molar-refractivity contribution in [3.8, 4) is 0 Å². The average molecular weight is 289 g/mol. The molecule has 1 atom stereocenters. The van der Waals surface area contributed by atoms with E-state index in [0.29, 0.717) is 6.04 Å². The highest BCUT2D eigenvalue weighted by Crippen LogP contribution is 2.28. The molecule has 1 aliphatic carbocycles. The summed E-state index contributed by atoms with van der Waals surface area (Å²) in [4.78, 5) is 2.38. The fourth-order valence-electron chi connectivity index (χ4n) is 3.25. The van der Waals surface area contributed by atoms with Crippen molar-refractivity contribution in [2.24, 2.45) is 16.8 Å². The third kappa shape index (κ3) is 4.21. The molecule has 0 radical (unpaired) electrons. The molecule has 0 aliphatic heterocycles. The van der Waals surface area contributed by atoms with Gasteiger partial charge in [-0.15, -0.1) is 0 Å². The Hall–Kier alpha value is -1.55. The SMILES string of the molecule is CC1CCC(N(C)CC(C(N)=NO)c2ccccc2)CC1. The van der Waals surface area contributed by atoms with Crippen LogP contribution in [0.2, 0.25) is 0 Å².